The van der Waals surface area contributed by atoms with Crippen molar-refractivity contribution in [2.75, 3.05) is 12.4 Å². The summed E-state index contributed by atoms with van der Waals surface area (Å²) in [5, 5.41) is 12.4. The van der Waals surface area contributed by atoms with Crippen LogP contribution in [-0.2, 0) is 11.3 Å². The van der Waals surface area contributed by atoms with Crippen molar-refractivity contribution < 1.29 is 9.53 Å². The number of ether oxygens (including phenoxy) is 1. The van der Waals surface area contributed by atoms with Crippen LogP contribution in [-0.4, -0.2) is 24.0 Å². The second-order valence-corrected chi connectivity index (χ2v) is 6.06. The molecule has 0 aliphatic heterocycles. The maximum absolute atomic E-state index is 12.8. The van der Waals surface area contributed by atoms with Crippen molar-refractivity contribution in [3.05, 3.63) is 71.9 Å². The van der Waals surface area contributed by atoms with Crippen LogP contribution < -0.4 is 10.1 Å². The number of carbonyl (C=O) groups is 1. The van der Waals surface area contributed by atoms with Crippen molar-refractivity contribution in [1.82, 2.24) is 4.90 Å². The largest absolute Gasteiger partial charge is 0.497 e. The van der Waals surface area contributed by atoms with Crippen LogP contribution >= 0.6 is 0 Å². The number of amides is 1. The van der Waals surface area contributed by atoms with Crippen molar-refractivity contribution in [3.8, 4) is 11.8 Å². The molecule has 0 bridgehead atoms. The smallest absolute Gasteiger partial charge is 0.266 e. The highest BCUT2D eigenvalue weighted by molar-refractivity contribution is 5.97. The van der Waals surface area contributed by atoms with Crippen LogP contribution in [0.3, 0.4) is 0 Å². The van der Waals surface area contributed by atoms with E-state index in [1.165, 1.54) is 6.20 Å². The predicted molar refractivity (Wildman–Crippen MR) is 102 cm³/mol. The van der Waals surface area contributed by atoms with Gasteiger partial charge in [0.25, 0.3) is 5.91 Å². The van der Waals surface area contributed by atoms with Gasteiger partial charge in [-0.2, -0.15) is 5.26 Å². The molecule has 0 aliphatic carbocycles. The fourth-order valence-corrected chi connectivity index (χ4v) is 2.43. The number of methoxy groups -OCH3 is 1. The topological polar surface area (TPSA) is 65.4 Å². The summed E-state index contributed by atoms with van der Waals surface area (Å²) in [6, 6.07) is 19.0. The zero-order valence-electron chi connectivity index (χ0n) is 15.3. The molecule has 0 radical (unpaired) electrons. The number of carbonyl (C=O) groups excluding carboxylic acids is 1. The summed E-state index contributed by atoms with van der Waals surface area (Å²) in [6.45, 7) is 4.33. The molecule has 0 aliphatic rings. The lowest BCUT2D eigenvalue weighted by Crippen LogP contribution is -2.37. The van der Waals surface area contributed by atoms with Crippen LogP contribution in [0.15, 0.2) is 66.4 Å². The van der Waals surface area contributed by atoms with E-state index in [-0.39, 0.29) is 17.5 Å². The Hall–Kier alpha value is -3.26. The average molecular weight is 349 g/mol. The van der Waals surface area contributed by atoms with Gasteiger partial charge in [-0.1, -0.05) is 36.4 Å². The molecule has 0 saturated heterocycles. The third-order valence-electron chi connectivity index (χ3n) is 3.88. The first-order valence-electron chi connectivity index (χ1n) is 8.41. The molecule has 2 aromatic carbocycles. The zero-order valence-corrected chi connectivity index (χ0v) is 15.3. The molecule has 1 amide bonds. The zero-order chi connectivity index (χ0) is 18.9. The third kappa shape index (κ3) is 5.12. The molecule has 0 spiro atoms. The van der Waals surface area contributed by atoms with E-state index in [1.807, 2.05) is 68.4 Å². The van der Waals surface area contributed by atoms with Gasteiger partial charge in [-0.15, -0.1) is 0 Å². The molecule has 0 atom stereocenters. The molecule has 0 heterocycles. The third-order valence-corrected chi connectivity index (χ3v) is 3.88. The molecule has 5 nitrogen and oxygen atoms in total. The molecule has 1 N–H and O–H groups in total. The van der Waals surface area contributed by atoms with Gasteiger partial charge >= 0.3 is 0 Å². The van der Waals surface area contributed by atoms with E-state index >= 15 is 0 Å². The van der Waals surface area contributed by atoms with Crippen molar-refractivity contribution in [1.29, 1.82) is 5.26 Å². The van der Waals surface area contributed by atoms with Gasteiger partial charge in [0.2, 0.25) is 0 Å². The van der Waals surface area contributed by atoms with Gasteiger partial charge in [-0.05, 0) is 31.5 Å². The molecule has 0 unspecified atom stereocenters. The minimum atomic E-state index is -0.304. The fourth-order valence-electron chi connectivity index (χ4n) is 2.43. The Morgan fingerprint density at radius 3 is 2.58 bits per heavy atom. The van der Waals surface area contributed by atoms with E-state index < -0.39 is 0 Å². The van der Waals surface area contributed by atoms with E-state index in [1.54, 1.807) is 18.1 Å². The number of hydrogen-bond donors (Lipinski definition) is 1. The Morgan fingerprint density at radius 2 is 1.96 bits per heavy atom. The molecule has 0 aromatic heterocycles. The normalized spacial score (nSPS) is 11.0. The van der Waals surface area contributed by atoms with Crippen LogP contribution in [0.2, 0.25) is 0 Å². The summed E-state index contributed by atoms with van der Waals surface area (Å²) < 4.78 is 5.17. The van der Waals surface area contributed by atoms with Crippen molar-refractivity contribution in [2.45, 2.75) is 26.4 Å². The number of nitrogens with one attached hydrogen (secondary N) is 1. The predicted octanol–water partition coefficient (Wildman–Crippen LogP) is 3.95. The highest BCUT2D eigenvalue weighted by Crippen LogP contribution is 2.18. The summed E-state index contributed by atoms with van der Waals surface area (Å²) in [5.41, 5.74) is 1.81. The summed E-state index contributed by atoms with van der Waals surface area (Å²) in [6.07, 6.45) is 1.44. The fraction of sp³-hybridized carbons (Fsp3) is 0.238. The van der Waals surface area contributed by atoms with E-state index in [4.69, 9.17) is 4.74 Å². The number of hydrogen-bond acceptors (Lipinski definition) is 4. The summed E-state index contributed by atoms with van der Waals surface area (Å²) in [4.78, 5) is 14.5. The number of rotatable bonds is 7. The van der Waals surface area contributed by atoms with Crippen molar-refractivity contribution >= 4 is 11.6 Å². The first kappa shape index (κ1) is 19.1. The lowest BCUT2D eigenvalue weighted by atomic mass is 10.1. The SMILES string of the molecule is COc1cccc(N/C=C(/C#N)C(=O)N(Cc2ccccc2)C(C)C)c1. The Kier molecular flexibility index (Phi) is 6.81. The van der Waals surface area contributed by atoms with E-state index in [9.17, 15) is 10.1 Å². The second kappa shape index (κ2) is 9.28. The minimum absolute atomic E-state index is 0.0312. The maximum atomic E-state index is 12.8. The lowest BCUT2D eigenvalue weighted by molar-refractivity contribution is -0.129. The van der Waals surface area contributed by atoms with Gasteiger partial charge in [0.1, 0.15) is 17.4 Å². The maximum Gasteiger partial charge on any atom is 0.266 e. The molecule has 5 heteroatoms. The quantitative estimate of drug-likeness (QED) is 0.607. The monoisotopic (exact) mass is 349 g/mol. The molecule has 0 fully saturated rings. The standard InChI is InChI=1S/C21H23N3O2/c1-16(2)24(15-17-8-5-4-6-9-17)21(25)18(13-22)14-23-19-10-7-11-20(12-19)26-3/h4-12,14,16,23H,15H2,1-3H3/b18-14-. The number of nitrogens with zero attached hydrogens (tertiary/aromatic N) is 2. The first-order valence-corrected chi connectivity index (χ1v) is 8.41. The molecule has 26 heavy (non-hydrogen) atoms. The summed E-state index contributed by atoms with van der Waals surface area (Å²) >= 11 is 0. The van der Waals surface area contributed by atoms with Crippen molar-refractivity contribution in [2.24, 2.45) is 0 Å². The van der Waals surface area contributed by atoms with Crippen LogP contribution in [0, 0.1) is 11.3 Å². The second-order valence-electron chi connectivity index (χ2n) is 6.06. The molecule has 2 aromatic rings. The first-order chi connectivity index (χ1) is 12.5. The van der Waals surface area contributed by atoms with Gasteiger partial charge in [0.05, 0.1) is 7.11 Å². The molecule has 134 valence electrons. The Labute approximate surface area is 154 Å². The number of nitriles is 1. The van der Waals surface area contributed by atoms with Crippen LogP contribution in [0.5, 0.6) is 5.75 Å². The van der Waals surface area contributed by atoms with Gasteiger partial charge in [-0.25, -0.2) is 0 Å². The van der Waals surface area contributed by atoms with Gasteiger partial charge in [-0.3, -0.25) is 4.79 Å². The van der Waals surface area contributed by atoms with Crippen molar-refractivity contribution in [3.63, 3.8) is 0 Å². The van der Waals surface area contributed by atoms with E-state index in [2.05, 4.69) is 5.32 Å². The lowest BCUT2D eigenvalue weighted by Gasteiger charge is -2.26. The van der Waals surface area contributed by atoms with Gasteiger partial charge in [0.15, 0.2) is 0 Å². The average Bonchev–Trinajstić information content (AvgIpc) is 2.67. The molecule has 0 saturated carbocycles. The van der Waals surface area contributed by atoms with E-state index in [0.29, 0.717) is 12.3 Å². The minimum Gasteiger partial charge on any atom is -0.497 e. The Morgan fingerprint density at radius 1 is 1.23 bits per heavy atom. The number of benzene rings is 2. The van der Waals surface area contributed by atoms with Crippen LogP contribution in [0.1, 0.15) is 19.4 Å². The van der Waals surface area contributed by atoms with Gasteiger partial charge < -0.3 is 15.0 Å². The van der Waals surface area contributed by atoms with Crippen LogP contribution in [0.25, 0.3) is 0 Å². The van der Waals surface area contributed by atoms with Crippen LogP contribution in [0.4, 0.5) is 5.69 Å². The molecular weight excluding hydrogens is 326 g/mol. The molecular formula is C21H23N3O2. The number of anilines is 1. The van der Waals surface area contributed by atoms with E-state index in [0.717, 1.165) is 11.3 Å². The highest BCUT2D eigenvalue weighted by Gasteiger charge is 2.21. The molecule has 2 rings (SSSR count). The Bertz CT molecular complexity index is 808. The summed E-state index contributed by atoms with van der Waals surface area (Å²) in [5.74, 6) is 0.392. The summed E-state index contributed by atoms with van der Waals surface area (Å²) in [7, 11) is 1.59. The highest BCUT2D eigenvalue weighted by atomic mass is 16.5. The van der Waals surface area contributed by atoms with Gasteiger partial charge in [0, 0.05) is 30.5 Å². The Balaban J connectivity index is 2.17.